The molecule has 0 aromatic rings. The number of ether oxygens (including phenoxy) is 3. The molecule has 0 radical (unpaired) electrons. The molecule has 3 heterocycles. The third-order valence-corrected chi connectivity index (χ3v) is 8.00. The largest absolute Gasteiger partial charge is 0.443 e. The Balaban J connectivity index is 1.39. The van der Waals surface area contributed by atoms with Gasteiger partial charge in [0.2, 0.25) is 0 Å². The first-order valence-electron chi connectivity index (χ1n) is 12.0. The van der Waals surface area contributed by atoms with Crippen LogP contribution in [0.2, 0.25) is 0 Å². The van der Waals surface area contributed by atoms with Gasteiger partial charge in [-0.1, -0.05) is 0 Å². The Morgan fingerprint density at radius 2 is 1.70 bits per heavy atom. The Hall–Kier alpha value is -0.850. The number of carbonyl (C=O) groups excluding carboxylic acids is 1. The molecule has 2 unspecified atom stereocenters. The average molecular weight is 423 g/mol. The van der Waals surface area contributed by atoms with Crippen molar-refractivity contribution in [1.82, 2.24) is 9.80 Å². The van der Waals surface area contributed by atoms with E-state index in [0.717, 1.165) is 71.4 Å². The predicted molar refractivity (Wildman–Crippen MR) is 117 cm³/mol. The van der Waals surface area contributed by atoms with Crippen LogP contribution in [-0.4, -0.2) is 77.1 Å². The minimum Gasteiger partial charge on any atom is -0.443 e. The van der Waals surface area contributed by atoms with Crippen molar-refractivity contribution in [2.45, 2.75) is 114 Å². The second-order valence-corrected chi connectivity index (χ2v) is 11.7. The number of rotatable bonds is 3. The Kier molecular flexibility index (Phi) is 5.91. The van der Waals surface area contributed by atoms with Gasteiger partial charge < -0.3 is 19.1 Å². The van der Waals surface area contributed by atoms with Crippen LogP contribution in [0.5, 0.6) is 0 Å². The lowest BCUT2D eigenvalue weighted by atomic mass is 9.82. The number of morpholine rings is 1. The quantitative estimate of drug-likeness (QED) is 0.676. The van der Waals surface area contributed by atoms with Crippen molar-refractivity contribution in [3.8, 4) is 0 Å². The lowest BCUT2D eigenvalue weighted by Crippen LogP contribution is -2.61. The predicted octanol–water partition coefficient (Wildman–Crippen LogP) is 4.36. The summed E-state index contributed by atoms with van der Waals surface area (Å²) in [4.78, 5) is 17.4. The van der Waals surface area contributed by atoms with Gasteiger partial charge in [0.25, 0.3) is 0 Å². The molecule has 30 heavy (non-hydrogen) atoms. The third-order valence-electron chi connectivity index (χ3n) is 8.00. The van der Waals surface area contributed by atoms with E-state index in [1.54, 1.807) is 0 Å². The van der Waals surface area contributed by atoms with Crippen LogP contribution in [-0.2, 0) is 14.2 Å². The standard InChI is InChI=1S/C24H42N2O4/c1-21(2,3)25-13-15-29-24(18-25)11-14-28-19(17-24)16-22(4,5)26-12-10-23(30-20(26)27)8-6-7-9-23/h19H,6-18H2,1-5H3. The molecule has 2 spiro atoms. The van der Waals surface area contributed by atoms with E-state index in [4.69, 9.17) is 14.2 Å². The van der Waals surface area contributed by atoms with E-state index in [1.807, 2.05) is 4.90 Å². The van der Waals surface area contributed by atoms with Crippen LogP contribution >= 0.6 is 0 Å². The van der Waals surface area contributed by atoms with Crippen LogP contribution in [0.25, 0.3) is 0 Å². The van der Waals surface area contributed by atoms with E-state index in [0.29, 0.717) is 0 Å². The molecule has 1 saturated carbocycles. The fourth-order valence-corrected chi connectivity index (χ4v) is 6.10. The van der Waals surface area contributed by atoms with Crippen LogP contribution in [0.4, 0.5) is 4.79 Å². The fraction of sp³-hybridized carbons (Fsp3) is 0.958. The Bertz CT molecular complexity index is 634. The van der Waals surface area contributed by atoms with Gasteiger partial charge in [0.15, 0.2) is 0 Å². The molecular weight excluding hydrogens is 380 g/mol. The van der Waals surface area contributed by atoms with E-state index in [-0.39, 0.29) is 34.5 Å². The molecule has 0 aromatic carbocycles. The summed E-state index contributed by atoms with van der Waals surface area (Å²) in [6.07, 6.45) is 8.01. The van der Waals surface area contributed by atoms with Gasteiger partial charge in [-0.05, 0) is 66.7 Å². The van der Waals surface area contributed by atoms with Gasteiger partial charge in [-0.25, -0.2) is 4.79 Å². The van der Waals surface area contributed by atoms with Crippen molar-refractivity contribution in [3.63, 3.8) is 0 Å². The van der Waals surface area contributed by atoms with E-state index in [2.05, 4.69) is 39.5 Å². The van der Waals surface area contributed by atoms with Gasteiger partial charge in [0.05, 0.1) is 18.3 Å². The fourth-order valence-electron chi connectivity index (χ4n) is 6.10. The van der Waals surface area contributed by atoms with E-state index in [1.165, 1.54) is 12.8 Å². The zero-order valence-electron chi connectivity index (χ0n) is 19.8. The molecule has 3 aliphatic heterocycles. The summed E-state index contributed by atoms with van der Waals surface area (Å²) in [7, 11) is 0. The lowest BCUT2D eigenvalue weighted by molar-refractivity contribution is -0.188. The van der Waals surface area contributed by atoms with Gasteiger partial charge in [-0.3, -0.25) is 4.90 Å². The summed E-state index contributed by atoms with van der Waals surface area (Å²) in [5.41, 5.74) is -0.446. The van der Waals surface area contributed by atoms with Gasteiger partial charge in [-0.2, -0.15) is 0 Å². The summed E-state index contributed by atoms with van der Waals surface area (Å²) in [5, 5.41) is 0. The third kappa shape index (κ3) is 4.51. The second-order valence-electron chi connectivity index (χ2n) is 11.7. The summed E-state index contributed by atoms with van der Waals surface area (Å²) in [6.45, 7) is 15.4. The molecule has 4 fully saturated rings. The number of hydrogen-bond donors (Lipinski definition) is 0. The SMILES string of the molecule is CC(C)(C)N1CCOC2(CCOC(CC(C)(C)N3CCC4(CCCC4)OC3=O)C2)C1. The molecule has 4 rings (SSSR count). The highest BCUT2D eigenvalue weighted by Crippen LogP contribution is 2.42. The van der Waals surface area contributed by atoms with Crippen LogP contribution in [0.15, 0.2) is 0 Å². The molecule has 172 valence electrons. The smallest absolute Gasteiger partial charge is 0.410 e. The molecule has 1 amide bonds. The van der Waals surface area contributed by atoms with Gasteiger partial charge in [0, 0.05) is 56.6 Å². The molecule has 4 aliphatic rings. The molecule has 0 bridgehead atoms. The van der Waals surface area contributed by atoms with Crippen molar-refractivity contribution in [1.29, 1.82) is 0 Å². The molecule has 6 nitrogen and oxygen atoms in total. The minimum atomic E-state index is -0.293. The summed E-state index contributed by atoms with van der Waals surface area (Å²) >= 11 is 0. The highest BCUT2D eigenvalue weighted by atomic mass is 16.6. The normalized spacial score (nSPS) is 33.3. The number of hydrogen-bond acceptors (Lipinski definition) is 5. The molecular formula is C24H42N2O4. The second kappa shape index (κ2) is 7.93. The first-order valence-corrected chi connectivity index (χ1v) is 12.0. The molecule has 1 aliphatic carbocycles. The highest BCUT2D eigenvalue weighted by molar-refractivity contribution is 5.70. The zero-order valence-corrected chi connectivity index (χ0v) is 19.8. The zero-order chi connectivity index (χ0) is 21.6. The van der Waals surface area contributed by atoms with E-state index >= 15 is 0 Å². The van der Waals surface area contributed by atoms with E-state index < -0.39 is 0 Å². The van der Waals surface area contributed by atoms with Crippen molar-refractivity contribution in [3.05, 3.63) is 0 Å². The van der Waals surface area contributed by atoms with Crippen molar-refractivity contribution < 1.29 is 19.0 Å². The number of amides is 1. The maximum atomic E-state index is 12.9. The van der Waals surface area contributed by atoms with Crippen molar-refractivity contribution in [2.75, 3.05) is 32.8 Å². The summed E-state index contributed by atoms with van der Waals surface area (Å²) in [5.74, 6) is 0. The average Bonchev–Trinajstić information content (AvgIpc) is 3.08. The van der Waals surface area contributed by atoms with Gasteiger partial charge in [0.1, 0.15) is 5.60 Å². The molecule has 3 saturated heterocycles. The van der Waals surface area contributed by atoms with Gasteiger partial charge in [-0.15, -0.1) is 0 Å². The van der Waals surface area contributed by atoms with Crippen molar-refractivity contribution >= 4 is 6.09 Å². The van der Waals surface area contributed by atoms with Crippen LogP contribution in [0.3, 0.4) is 0 Å². The lowest BCUT2D eigenvalue weighted by Gasteiger charge is -2.52. The Morgan fingerprint density at radius 3 is 2.37 bits per heavy atom. The number of carbonyl (C=O) groups is 1. The molecule has 6 heteroatoms. The Labute approximate surface area is 182 Å². The molecule has 0 N–H and O–H groups in total. The minimum absolute atomic E-state index is 0.101. The number of nitrogens with zero attached hydrogens (tertiary/aromatic N) is 2. The monoisotopic (exact) mass is 422 g/mol. The van der Waals surface area contributed by atoms with Crippen LogP contribution < -0.4 is 0 Å². The summed E-state index contributed by atoms with van der Waals surface area (Å²) < 4.78 is 18.6. The van der Waals surface area contributed by atoms with E-state index in [9.17, 15) is 4.79 Å². The summed E-state index contributed by atoms with van der Waals surface area (Å²) in [6, 6.07) is 0. The maximum Gasteiger partial charge on any atom is 0.410 e. The van der Waals surface area contributed by atoms with Crippen molar-refractivity contribution in [2.24, 2.45) is 0 Å². The van der Waals surface area contributed by atoms with Crippen LogP contribution in [0, 0.1) is 0 Å². The topological polar surface area (TPSA) is 51.2 Å². The molecule has 2 atom stereocenters. The first kappa shape index (κ1) is 22.3. The Morgan fingerprint density at radius 1 is 0.967 bits per heavy atom. The first-order chi connectivity index (χ1) is 14.0. The van der Waals surface area contributed by atoms with Crippen LogP contribution in [0.1, 0.15) is 86.0 Å². The highest BCUT2D eigenvalue weighted by Gasteiger charge is 2.49. The maximum absolute atomic E-state index is 12.9. The van der Waals surface area contributed by atoms with Gasteiger partial charge >= 0.3 is 6.09 Å². The molecule has 0 aromatic heterocycles.